The lowest BCUT2D eigenvalue weighted by Gasteiger charge is -2.42. The monoisotopic (exact) mass is 476 g/mol. The van der Waals surface area contributed by atoms with Gasteiger partial charge in [-0.05, 0) is 51.2 Å². The number of nitrogens with zero attached hydrogens (tertiary/aromatic N) is 5. The van der Waals surface area contributed by atoms with Crippen molar-refractivity contribution in [3.8, 4) is 0 Å². The highest BCUT2D eigenvalue weighted by molar-refractivity contribution is 7.89. The molecular weight excluding hydrogens is 444 g/mol. The molecule has 180 valence electrons. The molecule has 0 radical (unpaired) electrons. The first-order chi connectivity index (χ1) is 15.6. The zero-order valence-electron chi connectivity index (χ0n) is 19.1. The van der Waals surface area contributed by atoms with Crippen LogP contribution in [0, 0.1) is 5.92 Å². The molecule has 10 nitrogen and oxygen atoms in total. The summed E-state index contributed by atoms with van der Waals surface area (Å²) >= 11 is 0. The number of nitrogen functional groups attached to an aromatic ring is 1. The lowest BCUT2D eigenvalue weighted by Crippen LogP contribution is -2.56. The number of piperazine rings is 1. The Balaban J connectivity index is 1.58. The highest BCUT2D eigenvalue weighted by Crippen LogP contribution is 2.29. The van der Waals surface area contributed by atoms with Crippen LogP contribution in [-0.2, 0) is 20.4 Å². The van der Waals surface area contributed by atoms with E-state index in [1.807, 2.05) is 0 Å². The molecule has 1 atom stereocenters. The van der Waals surface area contributed by atoms with Crippen LogP contribution in [-0.4, -0.2) is 71.7 Å². The van der Waals surface area contributed by atoms with Gasteiger partial charge in [0.2, 0.25) is 16.0 Å². The molecule has 33 heavy (non-hydrogen) atoms. The van der Waals surface area contributed by atoms with Crippen molar-refractivity contribution in [1.29, 1.82) is 0 Å². The van der Waals surface area contributed by atoms with Crippen molar-refractivity contribution in [2.75, 3.05) is 43.5 Å². The van der Waals surface area contributed by atoms with E-state index in [1.54, 1.807) is 26.2 Å². The van der Waals surface area contributed by atoms with E-state index in [0.717, 1.165) is 32.5 Å². The van der Waals surface area contributed by atoms with Gasteiger partial charge in [-0.3, -0.25) is 0 Å². The van der Waals surface area contributed by atoms with Crippen molar-refractivity contribution < 1.29 is 18.3 Å². The van der Waals surface area contributed by atoms with Gasteiger partial charge in [0.1, 0.15) is 10.7 Å². The highest BCUT2D eigenvalue weighted by atomic mass is 32.2. The van der Waals surface area contributed by atoms with Crippen LogP contribution in [0.1, 0.15) is 38.7 Å². The van der Waals surface area contributed by atoms with Crippen LogP contribution < -0.4 is 10.6 Å². The Morgan fingerprint density at radius 2 is 1.82 bits per heavy atom. The highest BCUT2D eigenvalue weighted by Gasteiger charge is 2.37. The zero-order valence-corrected chi connectivity index (χ0v) is 19.9. The van der Waals surface area contributed by atoms with Crippen molar-refractivity contribution in [2.45, 2.75) is 49.6 Å². The number of aromatic nitrogens is 3. The fourth-order valence-electron chi connectivity index (χ4n) is 4.36. The number of nitrogens with two attached hydrogens (primary N) is 1. The molecule has 2 aliphatic heterocycles. The lowest BCUT2D eigenvalue weighted by molar-refractivity contribution is 0.0601. The minimum absolute atomic E-state index is 0.0775. The predicted octanol–water partition coefficient (Wildman–Crippen LogP) is 1.38. The van der Waals surface area contributed by atoms with E-state index < -0.39 is 15.6 Å². The van der Waals surface area contributed by atoms with Gasteiger partial charge in [0, 0.05) is 63.0 Å². The summed E-state index contributed by atoms with van der Waals surface area (Å²) in [5, 5.41) is 10.2. The normalized spacial score (nSPS) is 21.3. The van der Waals surface area contributed by atoms with Crippen LogP contribution in [0.5, 0.6) is 0 Å². The molecule has 4 heterocycles. The van der Waals surface area contributed by atoms with Crippen LogP contribution in [0.25, 0.3) is 0 Å². The third kappa shape index (κ3) is 5.43. The molecule has 3 N–H and O–H groups in total. The maximum absolute atomic E-state index is 13.3. The van der Waals surface area contributed by atoms with Crippen LogP contribution >= 0.6 is 0 Å². The van der Waals surface area contributed by atoms with Gasteiger partial charge in [-0.2, -0.15) is 4.31 Å². The third-order valence-electron chi connectivity index (χ3n) is 6.39. The smallest absolute Gasteiger partial charge is 0.244 e. The summed E-state index contributed by atoms with van der Waals surface area (Å²) in [7, 11) is -3.69. The van der Waals surface area contributed by atoms with E-state index in [0.29, 0.717) is 37.1 Å². The summed E-state index contributed by atoms with van der Waals surface area (Å²) in [6, 6.07) is 2.92. The molecule has 0 amide bonds. The topological polar surface area (TPSA) is 135 Å². The van der Waals surface area contributed by atoms with E-state index in [4.69, 9.17) is 10.5 Å². The largest absolute Gasteiger partial charge is 0.386 e. The number of pyridine rings is 1. The summed E-state index contributed by atoms with van der Waals surface area (Å²) < 4.78 is 33.6. The molecule has 0 unspecified atom stereocenters. The molecule has 2 saturated heterocycles. The number of anilines is 2. The molecule has 11 heteroatoms. The Kier molecular flexibility index (Phi) is 6.85. The van der Waals surface area contributed by atoms with Crippen LogP contribution in [0.4, 0.5) is 11.8 Å². The molecule has 4 rings (SSSR count). The minimum Gasteiger partial charge on any atom is -0.386 e. The molecule has 0 bridgehead atoms. The van der Waals surface area contributed by atoms with Gasteiger partial charge < -0.3 is 20.5 Å². The van der Waals surface area contributed by atoms with Gasteiger partial charge >= 0.3 is 0 Å². The number of ether oxygens (including phenoxy) is 1. The zero-order chi connectivity index (χ0) is 23.6. The average Bonchev–Trinajstić information content (AvgIpc) is 2.79. The Labute approximate surface area is 194 Å². The van der Waals surface area contributed by atoms with Crippen molar-refractivity contribution in [2.24, 2.45) is 5.92 Å². The van der Waals surface area contributed by atoms with Gasteiger partial charge in [-0.25, -0.2) is 23.4 Å². The van der Waals surface area contributed by atoms with Crippen molar-refractivity contribution in [3.63, 3.8) is 0 Å². The van der Waals surface area contributed by atoms with Gasteiger partial charge in [-0.15, -0.1) is 0 Å². The summed E-state index contributed by atoms with van der Waals surface area (Å²) in [6.45, 7) is 5.95. The number of rotatable bonds is 6. The van der Waals surface area contributed by atoms with Gasteiger partial charge in [0.05, 0.1) is 5.60 Å². The number of hydrogen-bond donors (Lipinski definition) is 2. The second-order valence-corrected chi connectivity index (χ2v) is 11.2. The van der Waals surface area contributed by atoms with Crippen molar-refractivity contribution >= 4 is 21.8 Å². The first-order valence-corrected chi connectivity index (χ1v) is 12.7. The Hall–Kier alpha value is -2.34. The Bertz CT molecular complexity index is 1030. The fourth-order valence-corrected chi connectivity index (χ4v) is 5.77. The summed E-state index contributed by atoms with van der Waals surface area (Å²) in [6.07, 6.45) is 7.32. The lowest BCUT2D eigenvalue weighted by atomic mass is 9.91. The first-order valence-electron chi connectivity index (χ1n) is 11.3. The maximum Gasteiger partial charge on any atom is 0.244 e. The number of hydrogen-bond acceptors (Lipinski definition) is 9. The van der Waals surface area contributed by atoms with Gasteiger partial charge in [-0.1, -0.05) is 0 Å². The predicted molar refractivity (Wildman–Crippen MR) is 124 cm³/mol. The maximum atomic E-state index is 13.3. The Morgan fingerprint density at radius 1 is 1.12 bits per heavy atom. The summed E-state index contributed by atoms with van der Waals surface area (Å²) in [4.78, 5) is 15.2. The van der Waals surface area contributed by atoms with Crippen molar-refractivity contribution in [1.82, 2.24) is 19.3 Å². The second-order valence-electron chi connectivity index (χ2n) is 9.25. The second kappa shape index (κ2) is 9.49. The molecule has 2 fully saturated rings. The molecular formula is C22H32N6O4S. The molecule has 2 aliphatic rings. The van der Waals surface area contributed by atoms with E-state index in [9.17, 15) is 13.5 Å². The first kappa shape index (κ1) is 23.8. The quantitative estimate of drug-likeness (QED) is 0.634. The average molecular weight is 477 g/mol. The molecule has 2 aromatic heterocycles. The van der Waals surface area contributed by atoms with Gasteiger partial charge in [0.25, 0.3) is 0 Å². The third-order valence-corrected chi connectivity index (χ3v) is 8.24. The van der Waals surface area contributed by atoms with Gasteiger partial charge in [0.15, 0.2) is 0 Å². The molecule has 2 aromatic rings. The van der Waals surface area contributed by atoms with Crippen molar-refractivity contribution in [3.05, 3.63) is 36.3 Å². The van der Waals surface area contributed by atoms with E-state index in [2.05, 4.69) is 19.9 Å². The number of aliphatic hydroxyl groups is 1. The van der Waals surface area contributed by atoms with Crippen LogP contribution in [0.15, 0.2) is 35.6 Å². The summed E-state index contributed by atoms with van der Waals surface area (Å²) in [5.41, 5.74) is 5.23. The standard InChI is InChI=1S/C22H32N6O4S/c1-22(2,29)17-12-25-21(26-13-17)28-8-7-27(15-18(28)11-16-5-9-32-10-6-16)33(30,31)19-3-4-20(23)24-14-19/h3-4,12-14,16,18,29H,5-11,15H2,1-2H3,(H2,23,24)/t18-/m0/s1. The SMILES string of the molecule is CC(C)(O)c1cnc(N2CCN(S(=O)(=O)c3ccc(N)nc3)C[C@@H]2CC2CCOCC2)nc1. The minimum atomic E-state index is -3.69. The van der Waals surface area contributed by atoms with E-state index in [1.165, 1.54) is 22.6 Å². The number of sulfonamides is 1. The molecule has 0 aliphatic carbocycles. The Morgan fingerprint density at radius 3 is 2.42 bits per heavy atom. The molecule has 0 aromatic carbocycles. The molecule has 0 spiro atoms. The van der Waals surface area contributed by atoms with Crippen LogP contribution in [0.3, 0.4) is 0 Å². The van der Waals surface area contributed by atoms with E-state index >= 15 is 0 Å². The fraction of sp³-hybridized carbons (Fsp3) is 0.591. The molecule has 0 saturated carbocycles. The van der Waals surface area contributed by atoms with Crippen LogP contribution in [0.2, 0.25) is 0 Å². The summed E-state index contributed by atoms with van der Waals surface area (Å²) in [5.74, 6) is 1.27. The van der Waals surface area contributed by atoms with E-state index in [-0.39, 0.29) is 16.8 Å².